The lowest BCUT2D eigenvalue weighted by Gasteiger charge is -2.23. The highest BCUT2D eigenvalue weighted by Crippen LogP contribution is 2.35. The average molecular weight is 342 g/mol. The van der Waals surface area contributed by atoms with Gasteiger partial charge in [0.1, 0.15) is 0 Å². The zero-order chi connectivity index (χ0) is 18.8. The largest absolute Gasteiger partial charge is 0.504 e. The predicted octanol–water partition coefficient (Wildman–Crippen LogP) is 3.13. The molecule has 0 spiro atoms. The summed E-state index contributed by atoms with van der Waals surface area (Å²) in [6.45, 7) is 7.31. The molecule has 0 aromatic heterocycles. The molecule has 0 unspecified atom stereocenters. The van der Waals surface area contributed by atoms with Crippen molar-refractivity contribution in [2.75, 3.05) is 7.05 Å². The Bertz CT molecular complexity index is 762. The molecule has 1 amide bonds. The number of aromatic hydroxyl groups is 2. The van der Waals surface area contributed by atoms with Crippen LogP contribution in [-0.4, -0.2) is 28.1 Å². The molecule has 0 bridgehead atoms. The van der Waals surface area contributed by atoms with E-state index in [0.29, 0.717) is 24.2 Å². The van der Waals surface area contributed by atoms with Crippen molar-refractivity contribution in [1.29, 1.82) is 0 Å². The van der Waals surface area contributed by atoms with Gasteiger partial charge in [-0.3, -0.25) is 9.69 Å². The van der Waals surface area contributed by atoms with E-state index in [2.05, 4.69) is 20.8 Å². The second-order valence-electron chi connectivity index (χ2n) is 7.49. The Labute approximate surface area is 148 Å². The summed E-state index contributed by atoms with van der Waals surface area (Å²) < 4.78 is 0. The number of nitrogens with zero attached hydrogens (tertiary/aromatic N) is 1. The molecule has 5 heteroatoms. The molecular weight excluding hydrogens is 316 g/mol. The van der Waals surface area contributed by atoms with Gasteiger partial charge in [-0.25, -0.2) is 0 Å². The first-order chi connectivity index (χ1) is 11.6. The summed E-state index contributed by atoms with van der Waals surface area (Å²) in [5.74, 6) is -0.621. The molecule has 2 aromatic rings. The SMILES string of the molecule is CN(Cc1ccc(C(N)=O)cc1)Cc1cc(C(C)(C)C)cc(O)c1O. The predicted molar refractivity (Wildman–Crippen MR) is 98.6 cm³/mol. The van der Waals surface area contributed by atoms with Crippen LogP contribution in [0, 0.1) is 0 Å². The van der Waals surface area contributed by atoms with Gasteiger partial charge in [-0.05, 0) is 41.8 Å². The van der Waals surface area contributed by atoms with Crippen molar-refractivity contribution in [1.82, 2.24) is 4.90 Å². The molecule has 0 aliphatic carbocycles. The van der Waals surface area contributed by atoms with E-state index in [0.717, 1.165) is 11.1 Å². The van der Waals surface area contributed by atoms with Gasteiger partial charge in [0.15, 0.2) is 11.5 Å². The number of primary amides is 1. The maximum absolute atomic E-state index is 11.1. The summed E-state index contributed by atoms with van der Waals surface area (Å²) in [6.07, 6.45) is 0. The second-order valence-corrected chi connectivity index (χ2v) is 7.49. The van der Waals surface area contributed by atoms with Crippen LogP contribution in [0.25, 0.3) is 0 Å². The van der Waals surface area contributed by atoms with Crippen LogP contribution in [-0.2, 0) is 18.5 Å². The van der Waals surface area contributed by atoms with Crippen LogP contribution in [0.4, 0.5) is 0 Å². The number of carbonyl (C=O) groups excluding carboxylic acids is 1. The Morgan fingerprint density at radius 2 is 1.68 bits per heavy atom. The van der Waals surface area contributed by atoms with Crippen LogP contribution in [0.15, 0.2) is 36.4 Å². The Morgan fingerprint density at radius 3 is 2.20 bits per heavy atom. The molecule has 2 rings (SSSR count). The molecule has 0 fully saturated rings. The van der Waals surface area contributed by atoms with Gasteiger partial charge in [0, 0.05) is 24.2 Å². The van der Waals surface area contributed by atoms with Gasteiger partial charge in [-0.1, -0.05) is 39.0 Å². The van der Waals surface area contributed by atoms with Gasteiger partial charge in [-0.15, -0.1) is 0 Å². The van der Waals surface area contributed by atoms with E-state index in [4.69, 9.17) is 5.73 Å². The normalized spacial score (nSPS) is 11.7. The first-order valence-corrected chi connectivity index (χ1v) is 8.20. The topological polar surface area (TPSA) is 86.8 Å². The first kappa shape index (κ1) is 18.8. The van der Waals surface area contributed by atoms with Crippen molar-refractivity contribution < 1.29 is 15.0 Å². The number of amides is 1. The minimum Gasteiger partial charge on any atom is -0.504 e. The van der Waals surface area contributed by atoms with Crippen molar-refractivity contribution in [3.8, 4) is 11.5 Å². The molecule has 0 saturated carbocycles. The van der Waals surface area contributed by atoms with Gasteiger partial charge < -0.3 is 15.9 Å². The summed E-state index contributed by atoms with van der Waals surface area (Å²) in [4.78, 5) is 13.1. The number of phenols is 2. The van der Waals surface area contributed by atoms with Gasteiger partial charge in [0.2, 0.25) is 5.91 Å². The number of nitrogens with two attached hydrogens (primary N) is 1. The molecule has 0 atom stereocenters. The molecule has 25 heavy (non-hydrogen) atoms. The number of rotatable bonds is 5. The molecule has 0 radical (unpaired) electrons. The maximum atomic E-state index is 11.1. The zero-order valence-electron chi connectivity index (χ0n) is 15.2. The monoisotopic (exact) mass is 342 g/mol. The van der Waals surface area contributed by atoms with Crippen LogP contribution in [0.3, 0.4) is 0 Å². The van der Waals surface area contributed by atoms with Gasteiger partial charge in [0.05, 0.1) is 0 Å². The average Bonchev–Trinajstić information content (AvgIpc) is 2.51. The number of phenolic OH excluding ortho intramolecular Hbond substituents is 2. The van der Waals surface area contributed by atoms with E-state index in [1.807, 2.05) is 30.1 Å². The van der Waals surface area contributed by atoms with Crippen molar-refractivity contribution in [3.63, 3.8) is 0 Å². The lowest BCUT2D eigenvalue weighted by molar-refractivity contribution is 0.100. The number of benzene rings is 2. The van der Waals surface area contributed by atoms with Gasteiger partial charge in [-0.2, -0.15) is 0 Å². The smallest absolute Gasteiger partial charge is 0.248 e. The van der Waals surface area contributed by atoms with Crippen LogP contribution in [0.5, 0.6) is 11.5 Å². The standard InChI is InChI=1S/C20H26N2O3/c1-20(2,3)16-9-15(18(24)17(23)10-16)12-22(4)11-13-5-7-14(8-6-13)19(21)25/h5-10,23-24H,11-12H2,1-4H3,(H2,21,25). The van der Waals surface area contributed by atoms with Crippen LogP contribution in [0.1, 0.15) is 47.8 Å². The lowest BCUT2D eigenvalue weighted by Crippen LogP contribution is -2.19. The number of carbonyl (C=O) groups is 1. The van der Waals surface area contributed by atoms with Crippen LogP contribution in [0.2, 0.25) is 0 Å². The van der Waals surface area contributed by atoms with Gasteiger partial charge >= 0.3 is 0 Å². The molecule has 0 saturated heterocycles. The van der Waals surface area contributed by atoms with E-state index >= 15 is 0 Å². The molecule has 4 N–H and O–H groups in total. The van der Waals surface area contributed by atoms with E-state index in [9.17, 15) is 15.0 Å². The van der Waals surface area contributed by atoms with E-state index < -0.39 is 5.91 Å². The summed E-state index contributed by atoms with van der Waals surface area (Å²) in [5.41, 5.74) is 8.28. The fraction of sp³-hybridized carbons (Fsp3) is 0.350. The molecule has 0 aliphatic rings. The summed E-state index contributed by atoms with van der Waals surface area (Å²) in [5, 5.41) is 20.2. The van der Waals surface area contributed by atoms with Crippen LogP contribution < -0.4 is 5.73 Å². The number of hydrogen-bond acceptors (Lipinski definition) is 4. The van der Waals surface area contributed by atoms with Crippen molar-refractivity contribution >= 4 is 5.91 Å². The summed E-state index contributed by atoms with van der Waals surface area (Å²) in [6, 6.07) is 10.7. The Hall–Kier alpha value is -2.53. The Balaban J connectivity index is 2.15. The number of hydrogen-bond donors (Lipinski definition) is 3. The third kappa shape index (κ3) is 4.73. The highest BCUT2D eigenvalue weighted by Gasteiger charge is 2.19. The third-order valence-electron chi connectivity index (χ3n) is 4.17. The van der Waals surface area contributed by atoms with E-state index in [-0.39, 0.29) is 16.9 Å². The molecule has 5 nitrogen and oxygen atoms in total. The van der Waals surface area contributed by atoms with Crippen molar-refractivity contribution in [3.05, 3.63) is 58.7 Å². The maximum Gasteiger partial charge on any atom is 0.248 e. The summed E-state index contributed by atoms with van der Waals surface area (Å²) in [7, 11) is 1.93. The fourth-order valence-electron chi connectivity index (χ4n) is 2.66. The summed E-state index contributed by atoms with van der Waals surface area (Å²) >= 11 is 0. The van der Waals surface area contributed by atoms with E-state index in [1.54, 1.807) is 18.2 Å². The molecular formula is C20H26N2O3. The highest BCUT2D eigenvalue weighted by atomic mass is 16.3. The molecule has 134 valence electrons. The minimum absolute atomic E-state index is 0.0797. The van der Waals surface area contributed by atoms with Crippen LogP contribution >= 0.6 is 0 Å². The second kappa shape index (κ2) is 7.15. The molecule has 0 aliphatic heterocycles. The van der Waals surface area contributed by atoms with Crippen molar-refractivity contribution in [2.24, 2.45) is 5.73 Å². The van der Waals surface area contributed by atoms with Crippen molar-refractivity contribution in [2.45, 2.75) is 39.3 Å². The third-order valence-corrected chi connectivity index (χ3v) is 4.17. The fourth-order valence-corrected chi connectivity index (χ4v) is 2.66. The minimum atomic E-state index is -0.445. The lowest BCUT2D eigenvalue weighted by atomic mass is 9.85. The highest BCUT2D eigenvalue weighted by molar-refractivity contribution is 5.92. The zero-order valence-corrected chi connectivity index (χ0v) is 15.2. The Kier molecular flexibility index (Phi) is 5.38. The quantitative estimate of drug-likeness (QED) is 0.729. The first-order valence-electron chi connectivity index (χ1n) is 8.20. The molecule has 2 aromatic carbocycles. The van der Waals surface area contributed by atoms with E-state index in [1.165, 1.54) is 0 Å². The van der Waals surface area contributed by atoms with Gasteiger partial charge in [0.25, 0.3) is 0 Å². The Morgan fingerprint density at radius 1 is 1.08 bits per heavy atom. The molecule has 0 heterocycles.